The van der Waals surface area contributed by atoms with Gasteiger partial charge in [-0.2, -0.15) is 0 Å². The Balaban J connectivity index is 2.59. The van der Waals surface area contributed by atoms with Gasteiger partial charge in [0.05, 0.1) is 0 Å². The molecule has 1 nitrogen and oxygen atoms in total. The van der Waals surface area contributed by atoms with Crippen molar-refractivity contribution in [2.75, 3.05) is 6.54 Å². The number of benzene rings is 1. The van der Waals surface area contributed by atoms with E-state index in [1.807, 2.05) is 0 Å². The van der Waals surface area contributed by atoms with E-state index in [4.69, 9.17) is 0 Å². The second kappa shape index (κ2) is 7.69. The van der Waals surface area contributed by atoms with Crippen molar-refractivity contribution in [3.8, 4) is 0 Å². The molecule has 1 N–H and O–H groups in total. The summed E-state index contributed by atoms with van der Waals surface area (Å²) in [5, 5.41) is 3.59. The summed E-state index contributed by atoms with van der Waals surface area (Å²) in [6, 6.07) is 5.25. The lowest BCUT2D eigenvalue weighted by Crippen LogP contribution is -2.28. The molecule has 0 radical (unpaired) electrons. The number of hydrogen-bond acceptors (Lipinski definition) is 1. The number of hydrogen-bond donors (Lipinski definition) is 1. The summed E-state index contributed by atoms with van der Waals surface area (Å²) in [7, 11) is 0. The topological polar surface area (TPSA) is 12.0 Å². The highest BCUT2D eigenvalue weighted by atomic mass is 14.9. The van der Waals surface area contributed by atoms with Gasteiger partial charge in [-0.3, -0.25) is 0 Å². The molecule has 0 bridgehead atoms. The van der Waals surface area contributed by atoms with Crippen molar-refractivity contribution >= 4 is 0 Å². The normalized spacial score (nSPS) is 14.4. The predicted octanol–water partition coefficient (Wildman–Crippen LogP) is 4.57. The van der Waals surface area contributed by atoms with E-state index in [1.54, 1.807) is 5.56 Å². The Morgan fingerprint density at radius 3 is 2.16 bits per heavy atom. The van der Waals surface area contributed by atoms with Crippen LogP contribution in [0.3, 0.4) is 0 Å². The number of aryl methyl sites for hydroxylation is 3. The van der Waals surface area contributed by atoms with Gasteiger partial charge in [0.25, 0.3) is 0 Å². The van der Waals surface area contributed by atoms with Crippen molar-refractivity contribution in [2.45, 2.75) is 66.8 Å². The van der Waals surface area contributed by atoms with E-state index in [9.17, 15) is 0 Å². The van der Waals surface area contributed by atoms with Crippen LogP contribution < -0.4 is 5.32 Å². The highest BCUT2D eigenvalue weighted by molar-refractivity contribution is 5.37. The van der Waals surface area contributed by atoms with Gasteiger partial charge in [-0.25, -0.2) is 0 Å². The summed E-state index contributed by atoms with van der Waals surface area (Å²) in [6.07, 6.45) is 3.68. The molecule has 19 heavy (non-hydrogen) atoms. The summed E-state index contributed by atoms with van der Waals surface area (Å²) in [5.41, 5.74) is 5.85. The van der Waals surface area contributed by atoms with Crippen molar-refractivity contribution in [3.63, 3.8) is 0 Å². The van der Waals surface area contributed by atoms with Crippen LogP contribution in [0.25, 0.3) is 0 Å². The van der Waals surface area contributed by atoms with E-state index < -0.39 is 0 Å². The Morgan fingerprint density at radius 1 is 1.05 bits per heavy atom. The second-order valence-electron chi connectivity index (χ2n) is 6.28. The molecule has 0 aliphatic carbocycles. The zero-order valence-corrected chi connectivity index (χ0v) is 13.6. The first kappa shape index (κ1) is 16.2. The molecule has 2 atom stereocenters. The second-order valence-corrected chi connectivity index (χ2v) is 6.28. The molecular weight excluding hydrogens is 230 g/mol. The summed E-state index contributed by atoms with van der Waals surface area (Å²) >= 11 is 0. The maximum Gasteiger partial charge on any atom is 0.00413 e. The van der Waals surface area contributed by atoms with E-state index in [0.29, 0.717) is 6.04 Å². The summed E-state index contributed by atoms with van der Waals surface area (Å²) in [5.74, 6) is 0.736. The highest BCUT2D eigenvalue weighted by Crippen LogP contribution is 2.22. The lowest BCUT2D eigenvalue weighted by Gasteiger charge is -2.20. The molecule has 0 saturated carbocycles. The van der Waals surface area contributed by atoms with E-state index in [-0.39, 0.29) is 0 Å². The molecule has 1 heteroatoms. The van der Waals surface area contributed by atoms with Crippen LogP contribution in [0.15, 0.2) is 12.1 Å². The van der Waals surface area contributed by atoms with Crippen molar-refractivity contribution in [1.29, 1.82) is 0 Å². The van der Waals surface area contributed by atoms with Gasteiger partial charge >= 0.3 is 0 Å². The molecule has 0 aromatic heterocycles. The van der Waals surface area contributed by atoms with Crippen LogP contribution in [-0.2, 0) is 6.42 Å². The molecule has 108 valence electrons. The molecule has 1 aromatic carbocycles. The first-order chi connectivity index (χ1) is 8.93. The monoisotopic (exact) mass is 261 g/mol. The van der Waals surface area contributed by atoms with E-state index >= 15 is 0 Å². The standard InChI is InChI=1S/C18H31N/c1-7-8-19-17(6)11-14(3)12-18-15(4)9-13(2)10-16(18)5/h9-10,14,17,19H,7-8,11-12H2,1-6H3. The fraction of sp³-hybridized carbons (Fsp3) is 0.667. The fourth-order valence-electron chi connectivity index (χ4n) is 3.04. The van der Waals surface area contributed by atoms with E-state index in [0.717, 1.165) is 12.5 Å². The van der Waals surface area contributed by atoms with Crippen molar-refractivity contribution in [3.05, 3.63) is 34.4 Å². The Bertz CT molecular complexity index is 372. The Morgan fingerprint density at radius 2 is 1.63 bits per heavy atom. The smallest absolute Gasteiger partial charge is 0.00413 e. The minimum absolute atomic E-state index is 0.626. The molecule has 0 amide bonds. The van der Waals surface area contributed by atoms with Crippen molar-refractivity contribution in [2.24, 2.45) is 5.92 Å². The van der Waals surface area contributed by atoms with Crippen molar-refractivity contribution < 1.29 is 0 Å². The molecule has 0 spiro atoms. The molecule has 1 aromatic rings. The first-order valence-electron chi connectivity index (χ1n) is 7.74. The molecular formula is C18H31N. The van der Waals surface area contributed by atoms with Crippen LogP contribution in [0.2, 0.25) is 0 Å². The highest BCUT2D eigenvalue weighted by Gasteiger charge is 2.12. The van der Waals surface area contributed by atoms with Crippen LogP contribution >= 0.6 is 0 Å². The molecule has 0 saturated heterocycles. The molecule has 0 heterocycles. The first-order valence-corrected chi connectivity index (χ1v) is 7.74. The predicted molar refractivity (Wildman–Crippen MR) is 85.9 cm³/mol. The van der Waals surface area contributed by atoms with Gasteiger partial charge in [0.1, 0.15) is 0 Å². The number of nitrogens with one attached hydrogen (secondary N) is 1. The molecule has 1 rings (SSSR count). The van der Waals surface area contributed by atoms with Gasteiger partial charge in [-0.05, 0) is 76.1 Å². The lowest BCUT2D eigenvalue weighted by molar-refractivity contribution is 0.419. The largest absolute Gasteiger partial charge is 0.314 e. The van der Waals surface area contributed by atoms with Crippen LogP contribution in [0.4, 0.5) is 0 Å². The lowest BCUT2D eigenvalue weighted by atomic mass is 9.89. The summed E-state index contributed by atoms with van der Waals surface area (Å²) in [6.45, 7) is 14.7. The van der Waals surface area contributed by atoms with E-state index in [1.165, 1.54) is 36.0 Å². The third-order valence-corrected chi connectivity index (χ3v) is 3.89. The van der Waals surface area contributed by atoms with E-state index in [2.05, 4.69) is 59.0 Å². The Kier molecular flexibility index (Phi) is 6.57. The fourth-order valence-corrected chi connectivity index (χ4v) is 3.04. The Hall–Kier alpha value is -0.820. The Labute approximate surface area is 119 Å². The molecule has 0 aliphatic rings. The maximum absolute atomic E-state index is 3.59. The third-order valence-electron chi connectivity index (χ3n) is 3.89. The zero-order chi connectivity index (χ0) is 14.4. The minimum atomic E-state index is 0.626. The van der Waals surface area contributed by atoms with Crippen LogP contribution in [-0.4, -0.2) is 12.6 Å². The van der Waals surface area contributed by atoms with Gasteiger partial charge in [0, 0.05) is 6.04 Å². The van der Waals surface area contributed by atoms with Gasteiger partial charge in [-0.15, -0.1) is 0 Å². The number of rotatable bonds is 7. The quantitative estimate of drug-likeness (QED) is 0.758. The average molecular weight is 261 g/mol. The van der Waals surface area contributed by atoms with Crippen molar-refractivity contribution in [1.82, 2.24) is 5.32 Å². The summed E-state index contributed by atoms with van der Waals surface area (Å²) < 4.78 is 0. The zero-order valence-electron chi connectivity index (χ0n) is 13.6. The minimum Gasteiger partial charge on any atom is -0.314 e. The third kappa shape index (κ3) is 5.36. The molecule has 0 fully saturated rings. The van der Waals surface area contributed by atoms with Gasteiger partial charge in [-0.1, -0.05) is 31.5 Å². The van der Waals surface area contributed by atoms with Crippen LogP contribution in [0.5, 0.6) is 0 Å². The van der Waals surface area contributed by atoms with Crippen LogP contribution in [0, 0.1) is 26.7 Å². The van der Waals surface area contributed by atoms with Gasteiger partial charge in [0.15, 0.2) is 0 Å². The van der Waals surface area contributed by atoms with Gasteiger partial charge < -0.3 is 5.32 Å². The maximum atomic E-state index is 3.59. The SMILES string of the molecule is CCCNC(C)CC(C)Cc1c(C)cc(C)cc1C. The molecule has 0 aliphatic heterocycles. The van der Waals surface area contributed by atoms with Gasteiger partial charge in [0.2, 0.25) is 0 Å². The molecule has 2 unspecified atom stereocenters. The van der Waals surface area contributed by atoms with Crippen LogP contribution in [0.1, 0.15) is 55.9 Å². The summed E-state index contributed by atoms with van der Waals surface area (Å²) in [4.78, 5) is 0. The average Bonchev–Trinajstić information content (AvgIpc) is 2.31.